The SMILES string of the molecule is CCCc1c(NC(C)=O)ccc(C(=O)CN)c1O. The number of anilines is 1. The van der Waals surface area contributed by atoms with E-state index in [2.05, 4.69) is 5.32 Å². The topological polar surface area (TPSA) is 92.4 Å². The van der Waals surface area contributed by atoms with E-state index < -0.39 is 0 Å². The average molecular weight is 250 g/mol. The molecule has 1 rings (SSSR count). The number of phenols is 1. The first-order valence-corrected chi connectivity index (χ1v) is 5.87. The van der Waals surface area contributed by atoms with Crippen LogP contribution in [0, 0.1) is 0 Å². The van der Waals surface area contributed by atoms with Gasteiger partial charge in [-0.1, -0.05) is 13.3 Å². The van der Waals surface area contributed by atoms with Gasteiger partial charge in [0.2, 0.25) is 5.91 Å². The van der Waals surface area contributed by atoms with Crippen LogP contribution in [0.3, 0.4) is 0 Å². The van der Waals surface area contributed by atoms with E-state index in [1.165, 1.54) is 13.0 Å². The summed E-state index contributed by atoms with van der Waals surface area (Å²) in [6.45, 7) is 3.19. The molecule has 1 aromatic rings. The van der Waals surface area contributed by atoms with Gasteiger partial charge in [-0.3, -0.25) is 9.59 Å². The van der Waals surface area contributed by atoms with Crippen LogP contribution < -0.4 is 11.1 Å². The van der Waals surface area contributed by atoms with Crippen molar-refractivity contribution in [3.8, 4) is 5.75 Å². The van der Waals surface area contributed by atoms with Gasteiger partial charge in [0.1, 0.15) is 5.75 Å². The normalized spacial score (nSPS) is 10.2. The molecule has 0 fully saturated rings. The van der Waals surface area contributed by atoms with Crippen molar-refractivity contribution in [1.82, 2.24) is 0 Å². The van der Waals surface area contributed by atoms with Crippen LogP contribution in [-0.4, -0.2) is 23.3 Å². The molecule has 5 heteroatoms. The molecule has 4 N–H and O–H groups in total. The third-order valence-electron chi connectivity index (χ3n) is 2.58. The molecule has 0 heterocycles. The summed E-state index contributed by atoms with van der Waals surface area (Å²) < 4.78 is 0. The van der Waals surface area contributed by atoms with Crippen molar-refractivity contribution >= 4 is 17.4 Å². The predicted octanol–water partition coefficient (Wildman–Crippen LogP) is 1.44. The number of carbonyl (C=O) groups excluding carboxylic acids is 2. The van der Waals surface area contributed by atoms with E-state index in [-0.39, 0.29) is 29.5 Å². The molecular weight excluding hydrogens is 232 g/mol. The first-order valence-electron chi connectivity index (χ1n) is 5.87. The molecule has 1 amide bonds. The molecule has 0 aliphatic carbocycles. The average Bonchev–Trinajstić information content (AvgIpc) is 2.32. The number of hydrogen-bond donors (Lipinski definition) is 3. The van der Waals surface area contributed by atoms with Gasteiger partial charge >= 0.3 is 0 Å². The third-order valence-corrected chi connectivity index (χ3v) is 2.58. The number of nitrogens with one attached hydrogen (secondary N) is 1. The lowest BCUT2D eigenvalue weighted by molar-refractivity contribution is -0.114. The van der Waals surface area contributed by atoms with Gasteiger partial charge in [-0.25, -0.2) is 0 Å². The van der Waals surface area contributed by atoms with Crippen molar-refractivity contribution in [3.63, 3.8) is 0 Å². The summed E-state index contributed by atoms with van der Waals surface area (Å²) in [5.74, 6) is -0.623. The second kappa shape index (κ2) is 6.16. The number of ketones is 1. The van der Waals surface area contributed by atoms with E-state index in [0.29, 0.717) is 17.7 Å². The van der Waals surface area contributed by atoms with Gasteiger partial charge < -0.3 is 16.2 Å². The zero-order chi connectivity index (χ0) is 13.7. The molecule has 0 bridgehead atoms. The maximum absolute atomic E-state index is 11.6. The van der Waals surface area contributed by atoms with E-state index in [1.54, 1.807) is 6.07 Å². The van der Waals surface area contributed by atoms with Crippen molar-refractivity contribution in [2.75, 3.05) is 11.9 Å². The Bertz CT molecular complexity index is 470. The fourth-order valence-corrected chi connectivity index (χ4v) is 1.78. The summed E-state index contributed by atoms with van der Waals surface area (Å²) >= 11 is 0. The molecule has 0 atom stereocenters. The highest BCUT2D eigenvalue weighted by molar-refractivity contribution is 6.01. The second-order valence-corrected chi connectivity index (χ2v) is 4.05. The maximum Gasteiger partial charge on any atom is 0.221 e. The molecule has 1 aromatic carbocycles. The fraction of sp³-hybridized carbons (Fsp3) is 0.385. The minimum absolute atomic E-state index is 0.0847. The van der Waals surface area contributed by atoms with Gasteiger partial charge in [0.15, 0.2) is 5.78 Å². The lowest BCUT2D eigenvalue weighted by atomic mass is 10.00. The first kappa shape index (κ1) is 14.2. The molecule has 18 heavy (non-hydrogen) atoms. The van der Waals surface area contributed by atoms with Crippen molar-refractivity contribution in [3.05, 3.63) is 23.3 Å². The standard InChI is InChI=1S/C13H18N2O3/c1-3-4-9-11(15-8(2)16)6-5-10(13(9)18)12(17)7-14/h5-6,18H,3-4,7,14H2,1-2H3,(H,15,16). The van der Waals surface area contributed by atoms with E-state index in [1.807, 2.05) is 6.92 Å². The van der Waals surface area contributed by atoms with Crippen molar-refractivity contribution < 1.29 is 14.7 Å². The Morgan fingerprint density at radius 3 is 2.56 bits per heavy atom. The smallest absolute Gasteiger partial charge is 0.221 e. The number of hydrogen-bond acceptors (Lipinski definition) is 4. The molecule has 0 aliphatic rings. The van der Waals surface area contributed by atoms with Crippen molar-refractivity contribution in [2.24, 2.45) is 5.73 Å². The Morgan fingerprint density at radius 1 is 1.39 bits per heavy atom. The predicted molar refractivity (Wildman–Crippen MR) is 69.8 cm³/mol. The Hall–Kier alpha value is -1.88. The zero-order valence-electron chi connectivity index (χ0n) is 10.6. The minimum atomic E-state index is -0.320. The number of amides is 1. The number of aromatic hydroxyl groups is 1. The number of benzene rings is 1. The highest BCUT2D eigenvalue weighted by atomic mass is 16.3. The Labute approximate surface area is 106 Å². The zero-order valence-corrected chi connectivity index (χ0v) is 10.6. The van der Waals surface area contributed by atoms with Gasteiger partial charge in [0, 0.05) is 18.2 Å². The maximum atomic E-state index is 11.6. The number of rotatable bonds is 5. The van der Waals surface area contributed by atoms with Gasteiger partial charge in [0.25, 0.3) is 0 Å². The van der Waals surface area contributed by atoms with Crippen molar-refractivity contribution in [1.29, 1.82) is 0 Å². The monoisotopic (exact) mass is 250 g/mol. The number of Topliss-reactive ketones (excluding diaryl/α,β-unsaturated/α-hetero) is 1. The molecule has 0 unspecified atom stereocenters. The van der Waals surface area contributed by atoms with Gasteiger partial charge in [0.05, 0.1) is 12.1 Å². The highest BCUT2D eigenvalue weighted by Crippen LogP contribution is 2.31. The molecule has 0 saturated heterocycles. The van der Waals surface area contributed by atoms with Crippen LogP contribution in [0.15, 0.2) is 12.1 Å². The van der Waals surface area contributed by atoms with Crippen LogP contribution in [0.5, 0.6) is 5.75 Å². The molecular formula is C13H18N2O3. The summed E-state index contributed by atoms with van der Waals surface area (Å²) in [4.78, 5) is 22.6. The van der Waals surface area contributed by atoms with Crippen LogP contribution in [0.1, 0.15) is 36.2 Å². The number of carbonyl (C=O) groups is 2. The van der Waals surface area contributed by atoms with Gasteiger partial charge in [-0.15, -0.1) is 0 Å². The molecule has 0 aliphatic heterocycles. The van der Waals surface area contributed by atoms with Crippen LogP contribution in [0.4, 0.5) is 5.69 Å². The molecule has 5 nitrogen and oxygen atoms in total. The van der Waals surface area contributed by atoms with E-state index >= 15 is 0 Å². The fourth-order valence-electron chi connectivity index (χ4n) is 1.78. The number of nitrogens with two attached hydrogens (primary N) is 1. The summed E-state index contributed by atoms with van der Waals surface area (Å²) in [7, 11) is 0. The first-order chi connectivity index (χ1) is 8.51. The highest BCUT2D eigenvalue weighted by Gasteiger charge is 2.16. The van der Waals surface area contributed by atoms with Gasteiger partial charge in [-0.05, 0) is 18.6 Å². The molecule has 0 radical (unpaired) electrons. The van der Waals surface area contributed by atoms with Crippen LogP contribution >= 0.6 is 0 Å². The number of phenolic OH excluding ortho intramolecular Hbond substituents is 1. The van der Waals surface area contributed by atoms with Crippen LogP contribution in [-0.2, 0) is 11.2 Å². The van der Waals surface area contributed by atoms with Crippen LogP contribution in [0.25, 0.3) is 0 Å². The summed E-state index contributed by atoms with van der Waals surface area (Å²) in [6, 6.07) is 3.10. The van der Waals surface area contributed by atoms with E-state index in [9.17, 15) is 14.7 Å². The third kappa shape index (κ3) is 3.07. The largest absolute Gasteiger partial charge is 0.507 e. The minimum Gasteiger partial charge on any atom is -0.507 e. The molecule has 0 saturated carbocycles. The lowest BCUT2D eigenvalue weighted by Gasteiger charge is -2.14. The molecule has 98 valence electrons. The summed E-state index contributed by atoms with van der Waals surface area (Å²) in [5.41, 5.74) is 6.60. The van der Waals surface area contributed by atoms with Crippen LogP contribution in [0.2, 0.25) is 0 Å². The Kier molecular flexibility index (Phi) is 4.85. The second-order valence-electron chi connectivity index (χ2n) is 4.05. The lowest BCUT2D eigenvalue weighted by Crippen LogP contribution is -2.15. The Balaban J connectivity index is 3.27. The van der Waals surface area contributed by atoms with Crippen molar-refractivity contribution in [2.45, 2.75) is 26.7 Å². The van der Waals surface area contributed by atoms with E-state index in [4.69, 9.17) is 5.73 Å². The summed E-state index contributed by atoms with van der Waals surface area (Å²) in [5, 5.41) is 12.7. The summed E-state index contributed by atoms with van der Waals surface area (Å²) in [6.07, 6.45) is 1.37. The quantitative estimate of drug-likeness (QED) is 0.689. The van der Waals surface area contributed by atoms with E-state index in [0.717, 1.165) is 6.42 Å². The van der Waals surface area contributed by atoms with Gasteiger partial charge in [-0.2, -0.15) is 0 Å². The Morgan fingerprint density at radius 2 is 2.06 bits per heavy atom. The molecule has 0 spiro atoms. The molecule has 0 aromatic heterocycles.